The molecule has 0 heterocycles. The van der Waals surface area contributed by atoms with Gasteiger partial charge in [0.15, 0.2) is 0 Å². The van der Waals surface area contributed by atoms with Crippen LogP contribution in [0.4, 0.5) is 0 Å². The highest BCUT2D eigenvalue weighted by molar-refractivity contribution is 4.80. The fourth-order valence-corrected chi connectivity index (χ4v) is 2.63. The standard InChI is InChI=1S/C14H29NO2/c1-14(2,3)9-12(16)10-15-11-6-5-7-13(8-11)17-4/h11-13,15-16H,5-10H2,1-4H3. The van der Waals surface area contributed by atoms with Crippen LogP contribution < -0.4 is 5.32 Å². The van der Waals surface area contributed by atoms with Gasteiger partial charge in [-0.15, -0.1) is 0 Å². The summed E-state index contributed by atoms with van der Waals surface area (Å²) in [6, 6.07) is 0.517. The molecule has 0 radical (unpaired) electrons. The van der Waals surface area contributed by atoms with Crippen molar-refractivity contribution in [1.29, 1.82) is 0 Å². The van der Waals surface area contributed by atoms with E-state index in [2.05, 4.69) is 26.1 Å². The van der Waals surface area contributed by atoms with Crippen molar-refractivity contribution in [3.8, 4) is 0 Å². The highest BCUT2D eigenvalue weighted by Gasteiger charge is 2.23. The van der Waals surface area contributed by atoms with Gasteiger partial charge >= 0.3 is 0 Å². The molecule has 0 bridgehead atoms. The van der Waals surface area contributed by atoms with E-state index < -0.39 is 0 Å². The number of methoxy groups -OCH3 is 1. The average molecular weight is 243 g/mol. The Kier molecular flexibility index (Phi) is 5.90. The normalized spacial score (nSPS) is 28.1. The molecule has 1 aliphatic carbocycles. The lowest BCUT2D eigenvalue weighted by Gasteiger charge is -2.30. The van der Waals surface area contributed by atoms with Crippen molar-refractivity contribution in [1.82, 2.24) is 5.32 Å². The summed E-state index contributed by atoms with van der Waals surface area (Å²) in [5.41, 5.74) is 0.197. The minimum absolute atomic E-state index is 0.197. The molecule has 1 rings (SSSR count). The molecule has 3 heteroatoms. The first-order valence-electron chi connectivity index (χ1n) is 6.85. The van der Waals surface area contributed by atoms with Gasteiger partial charge in [0.2, 0.25) is 0 Å². The van der Waals surface area contributed by atoms with E-state index in [0.717, 1.165) is 12.8 Å². The molecular weight excluding hydrogens is 214 g/mol. The Labute approximate surface area is 106 Å². The van der Waals surface area contributed by atoms with E-state index in [1.54, 1.807) is 7.11 Å². The maximum Gasteiger partial charge on any atom is 0.0669 e. The van der Waals surface area contributed by atoms with E-state index >= 15 is 0 Å². The van der Waals surface area contributed by atoms with E-state index in [-0.39, 0.29) is 11.5 Å². The first-order valence-corrected chi connectivity index (χ1v) is 6.85. The van der Waals surface area contributed by atoms with E-state index in [4.69, 9.17) is 4.74 Å². The van der Waals surface area contributed by atoms with Crippen LogP contribution in [0.25, 0.3) is 0 Å². The molecular formula is C14H29NO2. The van der Waals surface area contributed by atoms with Crippen LogP contribution in [0.15, 0.2) is 0 Å². The van der Waals surface area contributed by atoms with Gasteiger partial charge in [0.05, 0.1) is 12.2 Å². The molecule has 3 atom stereocenters. The van der Waals surface area contributed by atoms with Crippen LogP contribution in [-0.2, 0) is 4.74 Å². The second-order valence-electron chi connectivity index (χ2n) is 6.55. The van der Waals surface area contributed by atoms with Crippen LogP contribution >= 0.6 is 0 Å². The zero-order chi connectivity index (χ0) is 12.9. The van der Waals surface area contributed by atoms with Gasteiger partial charge in [-0.2, -0.15) is 0 Å². The Hall–Kier alpha value is -0.120. The summed E-state index contributed by atoms with van der Waals surface area (Å²) in [4.78, 5) is 0. The molecule has 0 aliphatic heterocycles. The molecule has 1 aliphatic rings. The van der Waals surface area contributed by atoms with Gasteiger partial charge in [-0.25, -0.2) is 0 Å². The van der Waals surface area contributed by atoms with Gasteiger partial charge in [0.1, 0.15) is 0 Å². The Morgan fingerprint density at radius 1 is 1.35 bits per heavy atom. The van der Waals surface area contributed by atoms with Gasteiger partial charge in [-0.05, 0) is 37.5 Å². The summed E-state index contributed by atoms with van der Waals surface area (Å²) < 4.78 is 5.41. The summed E-state index contributed by atoms with van der Waals surface area (Å²) in [6.07, 6.45) is 5.71. The predicted octanol–water partition coefficient (Wildman–Crippen LogP) is 2.33. The second kappa shape index (κ2) is 6.72. The van der Waals surface area contributed by atoms with Crippen molar-refractivity contribution in [3.63, 3.8) is 0 Å². The number of nitrogens with one attached hydrogen (secondary N) is 1. The smallest absolute Gasteiger partial charge is 0.0669 e. The lowest BCUT2D eigenvalue weighted by Crippen LogP contribution is -2.41. The number of aliphatic hydroxyl groups is 1. The van der Waals surface area contributed by atoms with Crippen molar-refractivity contribution in [2.24, 2.45) is 5.41 Å². The van der Waals surface area contributed by atoms with E-state index in [1.807, 2.05) is 0 Å². The van der Waals surface area contributed by atoms with Gasteiger partial charge in [-0.1, -0.05) is 20.8 Å². The number of hydrogen-bond donors (Lipinski definition) is 2. The fourth-order valence-electron chi connectivity index (χ4n) is 2.63. The molecule has 1 saturated carbocycles. The largest absolute Gasteiger partial charge is 0.392 e. The Morgan fingerprint density at radius 2 is 2.06 bits per heavy atom. The molecule has 1 fully saturated rings. The van der Waals surface area contributed by atoms with Crippen molar-refractivity contribution in [2.75, 3.05) is 13.7 Å². The predicted molar refractivity (Wildman–Crippen MR) is 71.1 cm³/mol. The van der Waals surface area contributed by atoms with Crippen LogP contribution in [0.2, 0.25) is 0 Å². The van der Waals surface area contributed by atoms with E-state index in [1.165, 1.54) is 19.3 Å². The van der Waals surface area contributed by atoms with Crippen LogP contribution in [-0.4, -0.2) is 37.0 Å². The van der Waals surface area contributed by atoms with Crippen LogP contribution in [0.3, 0.4) is 0 Å². The molecule has 0 saturated heterocycles. The van der Waals surface area contributed by atoms with Crippen LogP contribution in [0.1, 0.15) is 52.9 Å². The lowest BCUT2D eigenvalue weighted by molar-refractivity contribution is 0.0535. The SMILES string of the molecule is COC1CCCC(NCC(O)CC(C)(C)C)C1. The molecule has 0 aromatic carbocycles. The third-order valence-corrected chi connectivity index (χ3v) is 3.45. The molecule has 17 heavy (non-hydrogen) atoms. The molecule has 0 aromatic heterocycles. The summed E-state index contributed by atoms with van der Waals surface area (Å²) in [7, 11) is 1.79. The first kappa shape index (κ1) is 14.9. The summed E-state index contributed by atoms with van der Waals surface area (Å²) >= 11 is 0. The molecule has 3 nitrogen and oxygen atoms in total. The van der Waals surface area contributed by atoms with Crippen molar-refractivity contribution in [2.45, 2.75) is 71.1 Å². The average Bonchev–Trinajstić information content (AvgIpc) is 2.24. The molecule has 3 unspecified atom stereocenters. The number of rotatable bonds is 5. The topological polar surface area (TPSA) is 41.5 Å². The van der Waals surface area contributed by atoms with Gasteiger partial charge in [0.25, 0.3) is 0 Å². The van der Waals surface area contributed by atoms with E-state index in [9.17, 15) is 5.11 Å². The lowest BCUT2D eigenvalue weighted by atomic mass is 9.88. The van der Waals surface area contributed by atoms with Crippen molar-refractivity contribution in [3.05, 3.63) is 0 Å². The van der Waals surface area contributed by atoms with Gasteiger partial charge < -0.3 is 15.2 Å². The quantitative estimate of drug-likeness (QED) is 0.778. The Morgan fingerprint density at radius 3 is 2.65 bits per heavy atom. The monoisotopic (exact) mass is 243 g/mol. The minimum Gasteiger partial charge on any atom is -0.392 e. The maximum absolute atomic E-state index is 9.94. The van der Waals surface area contributed by atoms with Crippen molar-refractivity contribution < 1.29 is 9.84 Å². The molecule has 102 valence electrons. The molecule has 0 amide bonds. The second-order valence-corrected chi connectivity index (χ2v) is 6.55. The summed E-state index contributed by atoms with van der Waals surface area (Å²) in [6.45, 7) is 7.20. The molecule has 0 spiro atoms. The number of hydrogen-bond acceptors (Lipinski definition) is 3. The Bertz CT molecular complexity index is 213. The summed E-state index contributed by atoms with van der Waals surface area (Å²) in [5, 5.41) is 13.4. The minimum atomic E-state index is -0.238. The third-order valence-electron chi connectivity index (χ3n) is 3.45. The maximum atomic E-state index is 9.94. The molecule has 0 aromatic rings. The fraction of sp³-hybridized carbons (Fsp3) is 1.00. The number of ether oxygens (including phenoxy) is 1. The highest BCUT2D eigenvalue weighted by Crippen LogP contribution is 2.22. The van der Waals surface area contributed by atoms with Gasteiger partial charge in [0, 0.05) is 19.7 Å². The zero-order valence-electron chi connectivity index (χ0n) is 11.8. The first-order chi connectivity index (χ1) is 7.90. The highest BCUT2D eigenvalue weighted by atomic mass is 16.5. The van der Waals surface area contributed by atoms with Crippen LogP contribution in [0, 0.1) is 5.41 Å². The third kappa shape index (κ3) is 6.39. The van der Waals surface area contributed by atoms with E-state index in [0.29, 0.717) is 18.7 Å². The van der Waals surface area contributed by atoms with Crippen molar-refractivity contribution >= 4 is 0 Å². The zero-order valence-corrected chi connectivity index (χ0v) is 11.8. The van der Waals surface area contributed by atoms with Gasteiger partial charge in [-0.3, -0.25) is 0 Å². The summed E-state index contributed by atoms with van der Waals surface area (Å²) in [5.74, 6) is 0. The number of aliphatic hydroxyl groups excluding tert-OH is 1. The Balaban J connectivity index is 2.21. The molecule has 2 N–H and O–H groups in total. The van der Waals surface area contributed by atoms with Crippen LogP contribution in [0.5, 0.6) is 0 Å².